The van der Waals surface area contributed by atoms with Crippen LogP contribution in [-0.4, -0.2) is 13.1 Å². The third kappa shape index (κ3) is 7.77. The number of carbonyl (C=O) groups excluding carboxylic acids is 1. The summed E-state index contributed by atoms with van der Waals surface area (Å²) in [6.07, 6.45) is 12.3. The highest BCUT2D eigenvalue weighted by Crippen LogP contribution is 2.16. The predicted octanol–water partition coefficient (Wildman–Crippen LogP) is 5.97. The van der Waals surface area contributed by atoms with Crippen LogP contribution in [0.3, 0.4) is 0 Å². The van der Waals surface area contributed by atoms with E-state index in [1.165, 1.54) is 24.3 Å². The van der Waals surface area contributed by atoms with Gasteiger partial charge in [-0.25, -0.2) is 4.79 Å². The van der Waals surface area contributed by atoms with E-state index >= 15 is 0 Å². The summed E-state index contributed by atoms with van der Waals surface area (Å²) in [6.45, 7) is 8.32. The fourth-order valence-electron chi connectivity index (χ4n) is 2.17. The second-order valence-electron chi connectivity index (χ2n) is 6.16. The number of hydrogen-bond acceptors (Lipinski definition) is 2. The van der Waals surface area contributed by atoms with Gasteiger partial charge in [-0.3, -0.25) is 0 Å². The zero-order valence-electron chi connectivity index (χ0n) is 15.4. The lowest BCUT2D eigenvalue weighted by atomic mass is 10.0. The molecule has 0 aromatic heterocycles. The van der Waals surface area contributed by atoms with Crippen LogP contribution in [0.1, 0.15) is 51.7 Å². The summed E-state index contributed by atoms with van der Waals surface area (Å²) in [4.78, 5) is 11.3. The fraction of sp³-hybridized carbons (Fsp3) is 0.318. The molecule has 2 nitrogen and oxygen atoms in total. The number of esters is 1. The Hall–Kier alpha value is -2.35. The number of hydrogen-bond donors (Lipinski definition) is 0. The average Bonchev–Trinajstić information content (AvgIpc) is 2.55. The molecule has 1 rings (SSSR count). The summed E-state index contributed by atoms with van der Waals surface area (Å²) in [5, 5.41) is 0. The normalized spacial score (nSPS) is 12.4. The van der Waals surface area contributed by atoms with Crippen LogP contribution in [0.4, 0.5) is 0 Å². The molecule has 24 heavy (non-hydrogen) atoms. The molecule has 128 valence electrons. The zero-order chi connectivity index (χ0) is 17.9. The number of allylic oxidation sites excluding steroid dienone is 6. The van der Waals surface area contributed by atoms with Crippen molar-refractivity contribution in [3.8, 4) is 0 Å². The molecule has 0 radical (unpaired) electrons. The van der Waals surface area contributed by atoms with E-state index in [-0.39, 0.29) is 5.97 Å². The van der Waals surface area contributed by atoms with E-state index in [4.69, 9.17) is 0 Å². The van der Waals surface area contributed by atoms with Gasteiger partial charge in [-0.15, -0.1) is 0 Å². The van der Waals surface area contributed by atoms with Gasteiger partial charge in [-0.2, -0.15) is 0 Å². The Morgan fingerprint density at radius 3 is 2.33 bits per heavy atom. The van der Waals surface area contributed by atoms with Gasteiger partial charge in [-0.1, -0.05) is 59.7 Å². The highest BCUT2D eigenvalue weighted by atomic mass is 16.5. The first-order chi connectivity index (χ1) is 11.4. The highest BCUT2D eigenvalue weighted by Gasteiger charge is 1.99. The molecule has 0 bridgehead atoms. The summed E-state index contributed by atoms with van der Waals surface area (Å²) >= 11 is 0. The Morgan fingerprint density at radius 2 is 1.75 bits per heavy atom. The van der Waals surface area contributed by atoms with Crippen LogP contribution in [0.5, 0.6) is 0 Å². The molecule has 1 aromatic carbocycles. The van der Waals surface area contributed by atoms with Gasteiger partial charge >= 0.3 is 5.97 Å². The van der Waals surface area contributed by atoms with Gasteiger partial charge in [0.2, 0.25) is 0 Å². The maximum atomic E-state index is 11.3. The van der Waals surface area contributed by atoms with Crippen molar-refractivity contribution in [1.29, 1.82) is 0 Å². The molecule has 0 saturated heterocycles. The van der Waals surface area contributed by atoms with Gasteiger partial charge in [0.15, 0.2) is 0 Å². The smallest absolute Gasteiger partial charge is 0.330 e. The number of methoxy groups -OCH3 is 1. The van der Waals surface area contributed by atoms with Crippen molar-refractivity contribution in [2.75, 3.05) is 7.11 Å². The van der Waals surface area contributed by atoms with Gasteiger partial charge in [-0.05, 0) is 57.2 Å². The second-order valence-corrected chi connectivity index (χ2v) is 6.16. The van der Waals surface area contributed by atoms with Crippen LogP contribution >= 0.6 is 0 Å². The van der Waals surface area contributed by atoms with Gasteiger partial charge in [0.1, 0.15) is 0 Å². The van der Waals surface area contributed by atoms with E-state index < -0.39 is 0 Å². The lowest BCUT2D eigenvalue weighted by Gasteiger charge is -2.02. The van der Waals surface area contributed by atoms with Crippen molar-refractivity contribution in [2.24, 2.45) is 0 Å². The summed E-state index contributed by atoms with van der Waals surface area (Å²) in [5.41, 5.74) is 5.79. The minimum atomic E-state index is -0.329. The lowest BCUT2D eigenvalue weighted by molar-refractivity contribution is -0.134. The highest BCUT2D eigenvalue weighted by molar-refractivity contribution is 5.90. The third-order valence-corrected chi connectivity index (χ3v) is 3.66. The number of rotatable bonds is 7. The SMILES string of the molecule is COC(=O)/C=C(/C)c1ccc(/C=C/C=C(\C)CCC=C(C)C)cc1. The van der Waals surface area contributed by atoms with Crippen molar-refractivity contribution in [3.63, 3.8) is 0 Å². The molecule has 0 heterocycles. The van der Waals surface area contributed by atoms with Crippen LogP contribution in [0, 0.1) is 0 Å². The van der Waals surface area contributed by atoms with Crippen LogP contribution in [0.25, 0.3) is 11.6 Å². The molecule has 1 aromatic rings. The second kappa shape index (κ2) is 10.4. The van der Waals surface area contributed by atoms with E-state index in [0.717, 1.165) is 29.5 Å². The largest absolute Gasteiger partial charge is 0.466 e. The van der Waals surface area contributed by atoms with Crippen molar-refractivity contribution in [3.05, 3.63) is 70.8 Å². The van der Waals surface area contributed by atoms with Crippen LogP contribution in [-0.2, 0) is 9.53 Å². The Kier molecular flexibility index (Phi) is 8.56. The molecular weight excluding hydrogens is 296 g/mol. The van der Waals surface area contributed by atoms with Gasteiger partial charge in [0.25, 0.3) is 0 Å². The molecule has 0 aliphatic carbocycles. The van der Waals surface area contributed by atoms with Crippen LogP contribution < -0.4 is 0 Å². The van der Waals surface area contributed by atoms with E-state index in [1.807, 2.05) is 31.2 Å². The fourth-order valence-corrected chi connectivity index (χ4v) is 2.17. The first kappa shape index (κ1) is 19.7. The van der Waals surface area contributed by atoms with Crippen molar-refractivity contribution in [2.45, 2.75) is 40.5 Å². The first-order valence-electron chi connectivity index (χ1n) is 8.26. The van der Waals surface area contributed by atoms with Crippen molar-refractivity contribution in [1.82, 2.24) is 0 Å². The van der Waals surface area contributed by atoms with E-state index in [0.29, 0.717) is 0 Å². The average molecular weight is 324 g/mol. The predicted molar refractivity (Wildman–Crippen MR) is 104 cm³/mol. The van der Waals surface area contributed by atoms with E-state index in [2.05, 4.69) is 49.8 Å². The molecule has 0 spiro atoms. The molecule has 0 unspecified atom stereocenters. The summed E-state index contributed by atoms with van der Waals surface area (Å²) in [5.74, 6) is -0.329. The molecule has 0 atom stereocenters. The number of benzene rings is 1. The molecule has 0 fully saturated rings. The standard InChI is InChI=1S/C22H28O2/c1-17(2)8-6-9-18(3)10-7-11-20-12-14-21(15-13-20)19(4)16-22(23)24-5/h7-8,10-16H,6,9H2,1-5H3/b11-7+,18-10+,19-16-. The molecular formula is C22H28O2. The molecule has 0 saturated carbocycles. The van der Waals surface area contributed by atoms with E-state index in [9.17, 15) is 4.79 Å². The molecule has 2 heteroatoms. The molecule has 0 N–H and O–H groups in total. The Labute approximate surface area is 146 Å². The minimum Gasteiger partial charge on any atom is -0.466 e. The molecule has 0 aliphatic heterocycles. The Morgan fingerprint density at radius 1 is 1.08 bits per heavy atom. The monoisotopic (exact) mass is 324 g/mol. The molecule has 0 aliphatic rings. The van der Waals surface area contributed by atoms with Crippen molar-refractivity contribution < 1.29 is 9.53 Å². The maximum Gasteiger partial charge on any atom is 0.330 e. The lowest BCUT2D eigenvalue weighted by Crippen LogP contribution is -1.95. The topological polar surface area (TPSA) is 26.3 Å². The minimum absolute atomic E-state index is 0.329. The number of ether oxygens (including phenoxy) is 1. The van der Waals surface area contributed by atoms with Crippen LogP contribution in [0.15, 0.2) is 59.7 Å². The summed E-state index contributed by atoms with van der Waals surface area (Å²) < 4.78 is 4.65. The summed E-state index contributed by atoms with van der Waals surface area (Å²) in [7, 11) is 1.38. The van der Waals surface area contributed by atoms with E-state index in [1.54, 1.807) is 0 Å². The Bertz CT molecular complexity index is 652. The van der Waals surface area contributed by atoms with Gasteiger partial charge in [0.05, 0.1) is 7.11 Å². The first-order valence-corrected chi connectivity index (χ1v) is 8.26. The third-order valence-electron chi connectivity index (χ3n) is 3.66. The van der Waals surface area contributed by atoms with Gasteiger partial charge in [0, 0.05) is 6.08 Å². The van der Waals surface area contributed by atoms with Crippen molar-refractivity contribution >= 4 is 17.6 Å². The van der Waals surface area contributed by atoms with Crippen LogP contribution in [0.2, 0.25) is 0 Å². The molecule has 0 amide bonds. The zero-order valence-corrected chi connectivity index (χ0v) is 15.4. The van der Waals surface area contributed by atoms with Gasteiger partial charge < -0.3 is 4.74 Å². The number of carbonyl (C=O) groups is 1. The quantitative estimate of drug-likeness (QED) is 0.267. The maximum absolute atomic E-state index is 11.3. The summed E-state index contributed by atoms with van der Waals surface area (Å²) in [6, 6.07) is 8.12. The Balaban J connectivity index is 2.65.